The zero-order valence-electron chi connectivity index (χ0n) is 56.0. The maximum absolute atomic E-state index is 11.9. The van der Waals surface area contributed by atoms with E-state index in [2.05, 4.69) is 97.8 Å². The molecule has 0 N–H and O–H groups in total. The van der Waals surface area contributed by atoms with Crippen molar-refractivity contribution in [1.29, 1.82) is 0 Å². The highest BCUT2D eigenvalue weighted by Crippen LogP contribution is 2.22. The van der Waals surface area contributed by atoms with Crippen molar-refractivity contribution in [1.82, 2.24) is 0 Å². The van der Waals surface area contributed by atoms with E-state index < -0.39 is 0 Å². The predicted molar refractivity (Wildman–Crippen MR) is 408 cm³/mol. The van der Waals surface area contributed by atoms with Crippen LogP contribution in [0.25, 0.3) is 0 Å². The van der Waals surface area contributed by atoms with Crippen molar-refractivity contribution in [2.45, 2.75) is 123 Å². The van der Waals surface area contributed by atoms with Gasteiger partial charge in [0, 0.05) is 24.5 Å². The maximum atomic E-state index is 11.9. The Morgan fingerprint density at radius 3 is 0.440 bits per heavy atom. The van der Waals surface area contributed by atoms with Gasteiger partial charge in [0.15, 0.2) is 0 Å². The molecule has 0 atom stereocenters. The average molecular weight is 1460 g/mol. The number of hydrogen-bond donors (Lipinski definition) is 5. The van der Waals surface area contributed by atoms with Gasteiger partial charge >= 0.3 is 29.8 Å². The number of thiol groups is 5. The molecule has 20 heteroatoms. The van der Waals surface area contributed by atoms with Gasteiger partial charge in [0.1, 0.15) is 28.7 Å². The summed E-state index contributed by atoms with van der Waals surface area (Å²) in [7, 11) is 0. The summed E-state index contributed by atoms with van der Waals surface area (Å²) in [5.41, 5.74) is 9.00. The highest BCUT2D eigenvalue weighted by Gasteiger charge is 2.13. The van der Waals surface area contributed by atoms with E-state index in [0.29, 0.717) is 56.6 Å². The molecule has 0 aliphatic heterocycles. The molecule has 10 aromatic carbocycles. The van der Waals surface area contributed by atoms with E-state index >= 15 is 0 Å². The van der Waals surface area contributed by atoms with E-state index in [0.717, 1.165) is 88.7 Å². The van der Waals surface area contributed by atoms with Crippen molar-refractivity contribution in [3.63, 3.8) is 0 Å². The van der Waals surface area contributed by atoms with Gasteiger partial charge < -0.3 is 23.7 Å². The molecule has 0 aromatic heterocycles. The van der Waals surface area contributed by atoms with Crippen molar-refractivity contribution in [3.05, 3.63) is 298 Å². The SMILES string of the molecule is CCCc1ccc(C(=O)Oc2ccc(S)cc2)cc1.CCCc1ccc(C(=O)Oc2ccc(S)cc2)cc1.CCCc1ccc(C(=O)Oc2ccc(S)cc2)cc1.CCCc1ccc(C(=O)Oc2ccc(S)cc2)cc1.CCCc1ccc(C(=O)Oc2ccc(S)cc2)cc1.F.F.F.F.F. The van der Waals surface area contributed by atoms with Crippen LogP contribution in [-0.2, 0) is 32.1 Å². The van der Waals surface area contributed by atoms with Gasteiger partial charge in [-0.15, -0.1) is 63.1 Å². The molecule has 0 saturated heterocycles. The molecule has 0 amide bonds. The monoisotopic (exact) mass is 1460 g/mol. The first-order valence-electron chi connectivity index (χ1n) is 31.4. The Hall–Kier alpha value is -9.05. The van der Waals surface area contributed by atoms with Crippen LogP contribution in [0.5, 0.6) is 28.7 Å². The van der Waals surface area contributed by atoms with Gasteiger partial charge in [-0.2, -0.15) is 0 Å². The Balaban J connectivity index is 0.000000617. The largest absolute Gasteiger partial charge is 0.423 e. The summed E-state index contributed by atoms with van der Waals surface area (Å²) in [6.07, 6.45) is 10.6. The van der Waals surface area contributed by atoms with Gasteiger partial charge in [0.2, 0.25) is 0 Å². The van der Waals surface area contributed by atoms with Gasteiger partial charge in [0.05, 0.1) is 27.8 Å². The number of esters is 5. The lowest BCUT2D eigenvalue weighted by atomic mass is 10.1. The second-order valence-corrected chi connectivity index (χ2v) is 24.2. The zero-order chi connectivity index (χ0) is 68.3. The minimum absolute atomic E-state index is 0. The van der Waals surface area contributed by atoms with Crippen LogP contribution in [0.3, 0.4) is 0 Å². The summed E-state index contributed by atoms with van der Waals surface area (Å²) in [6.45, 7) is 10.7. The third-order valence-electron chi connectivity index (χ3n) is 13.9. The standard InChI is InChI=1S/5C16H16O2S.5FH/c5*1-2-3-12-4-6-13(7-5-12)16(17)18-14-8-10-15(19)11-9-14;;;;;/h5*4-11,19H,2-3H2,1H3;5*1H. The van der Waals surface area contributed by atoms with E-state index in [4.69, 9.17) is 23.7 Å². The van der Waals surface area contributed by atoms with E-state index in [-0.39, 0.29) is 53.4 Å². The number of carbonyl (C=O) groups is 5. The van der Waals surface area contributed by atoms with Gasteiger partial charge in [-0.05, 0) is 242 Å². The molecule has 0 spiro atoms. The quantitative estimate of drug-likeness (QED) is 0.0218. The Morgan fingerprint density at radius 2 is 0.330 bits per heavy atom. The third kappa shape index (κ3) is 32.3. The van der Waals surface area contributed by atoms with Crippen molar-refractivity contribution >= 4 is 93.0 Å². The van der Waals surface area contributed by atoms with Crippen LogP contribution in [-0.4, -0.2) is 29.8 Å². The molecule has 100 heavy (non-hydrogen) atoms. The number of benzene rings is 10. The summed E-state index contributed by atoms with van der Waals surface area (Å²) in [6, 6.07) is 72.9. The summed E-state index contributed by atoms with van der Waals surface area (Å²) < 4.78 is 26.4. The number of halogens is 5. The molecule has 0 heterocycles. The zero-order valence-corrected chi connectivity index (χ0v) is 60.5. The first-order chi connectivity index (χ1) is 45.9. The molecule has 0 radical (unpaired) electrons. The predicted octanol–water partition coefficient (Wildman–Crippen LogP) is 21.5. The molecule has 10 nitrogen and oxygen atoms in total. The normalized spacial score (nSPS) is 9.70. The van der Waals surface area contributed by atoms with Crippen LogP contribution in [0.1, 0.15) is 146 Å². The number of hydrogen-bond acceptors (Lipinski definition) is 15. The summed E-state index contributed by atoms with van der Waals surface area (Å²) in [4.78, 5) is 63.8. The molecule has 10 rings (SSSR count). The topological polar surface area (TPSA) is 132 Å². The highest BCUT2D eigenvalue weighted by molar-refractivity contribution is 7.81. The Kier molecular flexibility index (Phi) is 43.3. The second kappa shape index (κ2) is 48.6. The Labute approximate surface area is 610 Å². The lowest BCUT2D eigenvalue weighted by molar-refractivity contribution is 0.0725. The number of aryl methyl sites for hydroxylation is 5. The molecule has 0 aliphatic rings. The minimum Gasteiger partial charge on any atom is -0.423 e. The molecule has 10 aromatic rings. The van der Waals surface area contributed by atoms with Crippen molar-refractivity contribution in [2.24, 2.45) is 0 Å². The lowest BCUT2D eigenvalue weighted by Crippen LogP contribution is -2.08. The highest BCUT2D eigenvalue weighted by atomic mass is 32.1. The van der Waals surface area contributed by atoms with Crippen molar-refractivity contribution < 1.29 is 71.2 Å². The number of carbonyl (C=O) groups excluding carboxylic acids is 5. The van der Waals surface area contributed by atoms with Crippen LogP contribution in [0.2, 0.25) is 0 Å². The van der Waals surface area contributed by atoms with Gasteiger partial charge in [-0.3, -0.25) is 23.5 Å². The smallest absolute Gasteiger partial charge is 0.343 e. The van der Waals surface area contributed by atoms with Crippen LogP contribution in [0.4, 0.5) is 23.5 Å². The molecule has 0 aliphatic carbocycles. The molecule has 0 unspecified atom stereocenters. The molecule has 0 bridgehead atoms. The fraction of sp³-hybridized carbons (Fsp3) is 0.188. The lowest BCUT2D eigenvalue weighted by Gasteiger charge is -2.05. The Morgan fingerprint density at radius 1 is 0.210 bits per heavy atom. The van der Waals surface area contributed by atoms with Gasteiger partial charge in [0.25, 0.3) is 0 Å². The van der Waals surface area contributed by atoms with Gasteiger partial charge in [-0.1, -0.05) is 127 Å². The number of rotatable bonds is 20. The van der Waals surface area contributed by atoms with Crippen LogP contribution >= 0.6 is 63.1 Å². The number of ether oxygens (including phenoxy) is 5. The Bertz CT molecular complexity index is 3360. The molecule has 0 fully saturated rings. The summed E-state index contributed by atoms with van der Waals surface area (Å²) >= 11 is 20.9. The first-order valence-corrected chi connectivity index (χ1v) is 33.7. The van der Waals surface area contributed by atoms with E-state index in [1.807, 2.05) is 60.7 Å². The van der Waals surface area contributed by atoms with E-state index in [1.54, 1.807) is 182 Å². The summed E-state index contributed by atoms with van der Waals surface area (Å²) in [5.74, 6) is 0.951. The molecule has 530 valence electrons. The molecular weight excluding hydrogens is 1380 g/mol. The fourth-order valence-corrected chi connectivity index (χ4v) is 9.63. The minimum atomic E-state index is -0.338. The fourth-order valence-electron chi connectivity index (χ4n) is 8.88. The van der Waals surface area contributed by atoms with Crippen molar-refractivity contribution in [3.8, 4) is 28.7 Å². The first kappa shape index (κ1) is 89.0. The van der Waals surface area contributed by atoms with Gasteiger partial charge in [-0.25, -0.2) is 24.0 Å². The van der Waals surface area contributed by atoms with E-state index in [9.17, 15) is 24.0 Å². The second-order valence-electron chi connectivity index (χ2n) is 21.7. The van der Waals surface area contributed by atoms with E-state index in [1.165, 1.54) is 27.8 Å². The van der Waals surface area contributed by atoms with Crippen molar-refractivity contribution in [2.75, 3.05) is 0 Å². The van der Waals surface area contributed by atoms with Crippen LogP contribution in [0, 0.1) is 0 Å². The molecular formula is C80H85F5O10S5. The molecule has 0 saturated carbocycles. The summed E-state index contributed by atoms with van der Waals surface area (Å²) in [5, 5.41) is 0. The van der Waals surface area contributed by atoms with Crippen LogP contribution in [0.15, 0.2) is 267 Å². The average Bonchev–Trinajstić information content (AvgIpc) is 0.904. The third-order valence-corrected chi connectivity index (χ3v) is 15.4. The maximum Gasteiger partial charge on any atom is 0.343 e. The van der Waals surface area contributed by atoms with Crippen LogP contribution < -0.4 is 23.7 Å².